The molecule has 0 aliphatic rings. The highest BCUT2D eigenvalue weighted by Crippen LogP contribution is 2.14. The SMILES string of the molecule is CCc1ccccc1C(=O)CC(=O)C(C)CC. The van der Waals surface area contributed by atoms with Gasteiger partial charge in [-0.2, -0.15) is 0 Å². The Morgan fingerprint density at radius 1 is 1.18 bits per heavy atom. The lowest BCUT2D eigenvalue weighted by atomic mass is 9.94. The Labute approximate surface area is 103 Å². The lowest BCUT2D eigenvalue weighted by molar-refractivity contribution is -0.121. The summed E-state index contributed by atoms with van der Waals surface area (Å²) in [7, 11) is 0. The molecule has 17 heavy (non-hydrogen) atoms. The molecule has 0 spiro atoms. The molecule has 0 saturated carbocycles. The summed E-state index contributed by atoms with van der Waals surface area (Å²) in [5, 5.41) is 0. The number of hydrogen-bond donors (Lipinski definition) is 0. The van der Waals surface area contributed by atoms with Crippen LogP contribution in [0.4, 0.5) is 0 Å². The van der Waals surface area contributed by atoms with E-state index in [0.29, 0.717) is 5.56 Å². The van der Waals surface area contributed by atoms with E-state index >= 15 is 0 Å². The number of Topliss-reactive ketones (excluding diaryl/α,β-unsaturated/α-hetero) is 2. The Hall–Kier alpha value is -1.44. The maximum absolute atomic E-state index is 12.0. The molecule has 0 saturated heterocycles. The molecule has 92 valence electrons. The molecule has 2 nitrogen and oxygen atoms in total. The molecule has 0 aromatic heterocycles. The Kier molecular flexibility index (Phi) is 5.08. The molecule has 1 aromatic rings. The molecule has 0 heterocycles. The lowest BCUT2D eigenvalue weighted by Gasteiger charge is -2.09. The molecular formula is C15H20O2. The van der Waals surface area contributed by atoms with E-state index in [1.165, 1.54) is 0 Å². The van der Waals surface area contributed by atoms with E-state index in [4.69, 9.17) is 0 Å². The van der Waals surface area contributed by atoms with Crippen molar-refractivity contribution in [2.24, 2.45) is 5.92 Å². The van der Waals surface area contributed by atoms with Crippen molar-refractivity contribution < 1.29 is 9.59 Å². The van der Waals surface area contributed by atoms with Crippen molar-refractivity contribution in [3.05, 3.63) is 35.4 Å². The second-order valence-corrected chi connectivity index (χ2v) is 4.39. The molecule has 0 aliphatic carbocycles. The quantitative estimate of drug-likeness (QED) is 0.556. The smallest absolute Gasteiger partial charge is 0.170 e. The summed E-state index contributed by atoms with van der Waals surface area (Å²) in [6, 6.07) is 7.53. The third-order valence-electron chi connectivity index (χ3n) is 3.20. The Morgan fingerprint density at radius 3 is 2.41 bits per heavy atom. The van der Waals surface area contributed by atoms with E-state index < -0.39 is 0 Å². The summed E-state index contributed by atoms with van der Waals surface area (Å²) >= 11 is 0. The van der Waals surface area contributed by atoms with E-state index in [1.54, 1.807) is 0 Å². The zero-order chi connectivity index (χ0) is 12.8. The second kappa shape index (κ2) is 6.33. The largest absolute Gasteiger partial charge is 0.299 e. The van der Waals surface area contributed by atoms with Crippen molar-refractivity contribution in [3.63, 3.8) is 0 Å². The van der Waals surface area contributed by atoms with Gasteiger partial charge in [0, 0.05) is 11.5 Å². The molecule has 2 heteroatoms. The summed E-state index contributed by atoms with van der Waals surface area (Å²) in [5.41, 5.74) is 1.72. The first kappa shape index (κ1) is 13.6. The van der Waals surface area contributed by atoms with Gasteiger partial charge in [-0.05, 0) is 18.4 Å². The highest BCUT2D eigenvalue weighted by molar-refractivity contribution is 6.09. The van der Waals surface area contributed by atoms with Crippen LogP contribution in [0.15, 0.2) is 24.3 Å². The van der Waals surface area contributed by atoms with Gasteiger partial charge in [0.1, 0.15) is 5.78 Å². The third kappa shape index (κ3) is 3.52. The number of carbonyl (C=O) groups excluding carboxylic acids is 2. The minimum absolute atomic E-state index is 0.0206. The van der Waals surface area contributed by atoms with Crippen LogP contribution >= 0.6 is 0 Å². The average molecular weight is 232 g/mol. The van der Waals surface area contributed by atoms with Crippen LogP contribution in [0.3, 0.4) is 0 Å². The molecule has 0 aliphatic heterocycles. The molecule has 0 radical (unpaired) electrons. The van der Waals surface area contributed by atoms with Gasteiger partial charge in [-0.25, -0.2) is 0 Å². The minimum atomic E-state index is -0.0484. The van der Waals surface area contributed by atoms with Crippen LogP contribution in [-0.4, -0.2) is 11.6 Å². The van der Waals surface area contributed by atoms with Crippen molar-refractivity contribution in [2.45, 2.75) is 40.0 Å². The van der Waals surface area contributed by atoms with E-state index in [0.717, 1.165) is 18.4 Å². The Bertz CT molecular complexity index is 407. The van der Waals surface area contributed by atoms with Gasteiger partial charge >= 0.3 is 0 Å². The zero-order valence-corrected chi connectivity index (χ0v) is 10.8. The molecule has 0 fully saturated rings. The molecule has 1 aromatic carbocycles. The van der Waals surface area contributed by atoms with Crippen LogP contribution in [0.25, 0.3) is 0 Å². The van der Waals surface area contributed by atoms with Crippen molar-refractivity contribution >= 4 is 11.6 Å². The summed E-state index contributed by atoms with van der Waals surface area (Å²) in [4.78, 5) is 23.8. The van der Waals surface area contributed by atoms with E-state index in [-0.39, 0.29) is 23.9 Å². The molecule has 0 bridgehead atoms. The van der Waals surface area contributed by atoms with Gasteiger partial charge in [-0.15, -0.1) is 0 Å². The lowest BCUT2D eigenvalue weighted by Crippen LogP contribution is -2.16. The molecule has 1 atom stereocenters. The second-order valence-electron chi connectivity index (χ2n) is 4.39. The van der Waals surface area contributed by atoms with Gasteiger partial charge < -0.3 is 0 Å². The fourth-order valence-electron chi connectivity index (χ4n) is 1.76. The predicted molar refractivity (Wildman–Crippen MR) is 69.2 cm³/mol. The van der Waals surface area contributed by atoms with Crippen LogP contribution < -0.4 is 0 Å². The standard InChI is InChI=1S/C15H20O2/c1-4-11(3)14(16)10-15(17)13-9-7-6-8-12(13)5-2/h6-9,11H,4-5,10H2,1-3H3. The molecular weight excluding hydrogens is 212 g/mol. The van der Waals surface area contributed by atoms with E-state index in [9.17, 15) is 9.59 Å². The van der Waals surface area contributed by atoms with Gasteiger partial charge in [0.2, 0.25) is 0 Å². The number of hydrogen-bond acceptors (Lipinski definition) is 2. The summed E-state index contributed by atoms with van der Waals surface area (Å²) in [6.45, 7) is 5.86. The van der Waals surface area contributed by atoms with E-state index in [2.05, 4.69) is 0 Å². The highest BCUT2D eigenvalue weighted by atomic mass is 16.1. The monoisotopic (exact) mass is 232 g/mol. The van der Waals surface area contributed by atoms with Crippen molar-refractivity contribution in [2.75, 3.05) is 0 Å². The molecule has 0 N–H and O–H groups in total. The first-order chi connectivity index (χ1) is 8.10. The van der Waals surface area contributed by atoms with Gasteiger partial charge in [0.05, 0.1) is 6.42 Å². The number of carbonyl (C=O) groups is 2. The van der Waals surface area contributed by atoms with Gasteiger partial charge in [-0.1, -0.05) is 45.0 Å². The fourth-order valence-corrected chi connectivity index (χ4v) is 1.76. The predicted octanol–water partition coefficient (Wildman–Crippen LogP) is 3.44. The number of ketones is 2. The van der Waals surface area contributed by atoms with Crippen molar-refractivity contribution in [3.8, 4) is 0 Å². The first-order valence-corrected chi connectivity index (χ1v) is 6.23. The first-order valence-electron chi connectivity index (χ1n) is 6.23. The molecule has 0 amide bonds. The highest BCUT2D eigenvalue weighted by Gasteiger charge is 2.17. The fraction of sp³-hybridized carbons (Fsp3) is 0.467. The van der Waals surface area contributed by atoms with Crippen LogP contribution in [0, 0.1) is 5.92 Å². The Balaban J connectivity index is 2.80. The van der Waals surface area contributed by atoms with Gasteiger partial charge in [-0.3, -0.25) is 9.59 Å². The van der Waals surface area contributed by atoms with Crippen LogP contribution in [0.2, 0.25) is 0 Å². The van der Waals surface area contributed by atoms with Crippen molar-refractivity contribution in [1.29, 1.82) is 0 Å². The number of benzene rings is 1. The topological polar surface area (TPSA) is 34.1 Å². The minimum Gasteiger partial charge on any atom is -0.299 e. The number of aryl methyl sites for hydroxylation is 1. The summed E-state index contributed by atoms with van der Waals surface area (Å²) < 4.78 is 0. The number of rotatable bonds is 6. The van der Waals surface area contributed by atoms with Crippen molar-refractivity contribution in [1.82, 2.24) is 0 Å². The summed E-state index contributed by atoms with van der Waals surface area (Å²) in [5.74, 6) is -0.0242. The normalized spacial score (nSPS) is 12.2. The van der Waals surface area contributed by atoms with Crippen LogP contribution in [0.5, 0.6) is 0 Å². The third-order valence-corrected chi connectivity index (χ3v) is 3.20. The maximum atomic E-state index is 12.0. The van der Waals surface area contributed by atoms with Gasteiger partial charge in [0.15, 0.2) is 5.78 Å². The van der Waals surface area contributed by atoms with Crippen LogP contribution in [-0.2, 0) is 11.2 Å². The van der Waals surface area contributed by atoms with Gasteiger partial charge in [0.25, 0.3) is 0 Å². The Morgan fingerprint density at radius 2 is 1.82 bits per heavy atom. The molecule has 1 unspecified atom stereocenters. The average Bonchev–Trinajstić information content (AvgIpc) is 2.37. The van der Waals surface area contributed by atoms with Crippen LogP contribution in [0.1, 0.15) is 49.5 Å². The maximum Gasteiger partial charge on any atom is 0.170 e. The van der Waals surface area contributed by atoms with E-state index in [1.807, 2.05) is 45.0 Å². The summed E-state index contributed by atoms with van der Waals surface area (Å²) in [6.07, 6.45) is 1.65. The zero-order valence-electron chi connectivity index (χ0n) is 10.8. The molecule has 1 rings (SSSR count).